The molecule has 0 radical (unpaired) electrons. The lowest BCUT2D eigenvalue weighted by Crippen LogP contribution is -2.24. The molecule has 172 valence electrons. The second kappa shape index (κ2) is 11.7. The van der Waals surface area contributed by atoms with E-state index in [4.69, 9.17) is 16.3 Å². The van der Waals surface area contributed by atoms with Crippen LogP contribution in [0.1, 0.15) is 51.1 Å². The van der Waals surface area contributed by atoms with Crippen LogP contribution >= 0.6 is 11.6 Å². The maximum Gasteiger partial charge on any atom is 0.306 e. The van der Waals surface area contributed by atoms with Crippen molar-refractivity contribution >= 4 is 35.0 Å². The van der Waals surface area contributed by atoms with Crippen molar-refractivity contribution in [1.29, 1.82) is 0 Å². The summed E-state index contributed by atoms with van der Waals surface area (Å²) in [6.45, 7) is 2.24. The predicted molar refractivity (Wildman–Crippen MR) is 119 cm³/mol. The van der Waals surface area contributed by atoms with E-state index in [-0.39, 0.29) is 52.6 Å². The van der Waals surface area contributed by atoms with Gasteiger partial charge in [0.15, 0.2) is 11.0 Å². The van der Waals surface area contributed by atoms with Crippen molar-refractivity contribution in [3.05, 3.63) is 41.3 Å². The molecule has 3 rings (SSSR count). The number of carbonyl (C=O) groups excluding carboxylic acids is 2. The fraction of sp³-hybridized carbons (Fsp3) is 0.500. The number of amides is 1. The Hall–Kier alpha value is -2.81. The third-order valence-electron chi connectivity index (χ3n) is 5.45. The zero-order valence-electron chi connectivity index (χ0n) is 17.9. The van der Waals surface area contributed by atoms with E-state index in [1.807, 2.05) is 0 Å². The van der Waals surface area contributed by atoms with E-state index in [0.717, 1.165) is 25.7 Å². The monoisotopic (exact) mass is 463 g/mol. The summed E-state index contributed by atoms with van der Waals surface area (Å²) in [6, 6.07) is 2.83. The van der Waals surface area contributed by atoms with E-state index in [0.29, 0.717) is 19.4 Å². The van der Waals surface area contributed by atoms with Crippen molar-refractivity contribution in [2.24, 2.45) is 11.8 Å². The highest BCUT2D eigenvalue weighted by atomic mass is 35.5. The van der Waals surface area contributed by atoms with Crippen LogP contribution < -0.4 is 10.6 Å². The Bertz CT molecular complexity index is 946. The third kappa shape index (κ3) is 6.85. The number of ether oxygens (including phenoxy) is 1. The largest absolute Gasteiger partial charge is 0.466 e. The maximum absolute atomic E-state index is 13.8. The van der Waals surface area contributed by atoms with E-state index >= 15 is 0 Å². The first-order valence-electron chi connectivity index (χ1n) is 10.8. The molecule has 0 saturated heterocycles. The van der Waals surface area contributed by atoms with Crippen molar-refractivity contribution in [3.8, 4) is 0 Å². The fourth-order valence-corrected chi connectivity index (χ4v) is 4.19. The summed E-state index contributed by atoms with van der Waals surface area (Å²) in [5, 5.41) is 5.83. The Morgan fingerprint density at radius 2 is 2.00 bits per heavy atom. The van der Waals surface area contributed by atoms with Crippen LogP contribution in [0.25, 0.3) is 0 Å². The van der Waals surface area contributed by atoms with Crippen LogP contribution in [0.4, 0.5) is 15.9 Å². The van der Waals surface area contributed by atoms with E-state index in [1.165, 1.54) is 24.7 Å². The minimum atomic E-state index is -0.444. The number of carbonyl (C=O) groups is 2. The van der Waals surface area contributed by atoms with Crippen LogP contribution in [0.2, 0.25) is 5.15 Å². The Labute approximate surface area is 191 Å². The smallest absolute Gasteiger partial charge is 0.306 e. The van der Waals surface area contributed by atoms with Gasteiger partial charge in [-0.2, -0.15) is 0 Å². The van der Waals surface area contributed by atoms with Gasteiger partial charge in [-0.15, -0.1) is 0 Å². The maximum atomic E-state index is 13.8. The normalized spacial score (nSPS) is 18.1. The minimum Gasteiger partial charge on any atom is -0.466 e. The molecule has 2 N–H and O–H groups in total. The topological polar surface area (TPSA) is 106 Å². The lowest BCUT2D eigenvalue weighted by atomic mass is 9.78. The summed E-state index contributed by atoms with van der Waals surface area (Å²) in [6.07, 6.45) is 7.12. The Kier molecular flexibility index (Phi) is 8.72. The molecule has 2 unspecified atom stereocenters. The van der Waals surface area contributed by atoms with Gasteiger partial charge in [0.25, 0.3) is 0 Å². The average Bonchev–Trinajstić information content (AvgIpc) is 2.75. The highest BCUT2D eigenvalue weighted by molar-refractivity contribution is 6.33. The molecule has 1 aliphatic rings. The fourth-order valence-electron chi connectivity index (χ4n) is 4.01. The van der Waals surface area contributed by atoms with Crippen molar-refractivity contribution in [2.75, 3.05) is 17.2 Å². The molecule has 2 atom stereocenters. The Morgan fingerprint density at radius 1 is 1.22 bits per heavy atom. The summed E-state index contributed by atoms with van der Waals surface area (Å²) in [4.78, 5) is 36.5. The molecule has 1 saturated carbocycles. The minimum absolute atomic E-state index is 0.0705. The molecule has 32 heavy (non-hydrogen) atoms. The average molecular weight is 464 g/mol. The molecule has 1 aliphatic carbocycles. The Morgan fingerprint density at radius 3 is 2.75 bits per heavy atom. The number of esters is 1. The molecule has 1 amide bonds. The number of pyridine rings is 1. The lowest BCUT2D eigenvalue weighted by Gasteiger charge is -2.28. The first-order chi connectivity index (χ1) is 15.5. The lowest BCUT2D eigenvalue weighted by molar-refractivity contribution is -0.144. The number of rotatable bonds is 9. The number of nitrogens with zero attached hydrogens (tertiary/aromatic N) is 3. The van der Waals surface area contributed by atoms with Crippen molar-refractivity contribution in [3.63, 3.8) is 0 Å². The van der Waals surface area contributed by atoms with Crippen LogP contribution in [0.3, 0.4) is 0 Å². The molecule has 0 bridgehead atoms. The highest BCUT2D eigenvalue weighted by Crippen LogP contribution is 2.34. The van der Waals surface area contributed by atoms with Gasteiger partial charge in [-0.25, -0.2) is 14.4 Å². The number of hydrogen-bond acceptors (Lipinski definition) is 7. The van der Waals surface area contributed by atoms with Gasteiger partial charge in [0.2, 0.25) is 5.91 Å². The zero-order chi connectivity index (χ0) is 22.9. The molecule has 2 aromatic rings. The molecular weight excluding hydrogens is 437 g/mol. The third-order valence-corrected chi connectivity index (χ3v) is 5.74. The van der Waals surface area contributed by atoms with Crippen molar-refractivity contribution in [2.45, 2.75) is 52.0 Å². The van der Waals surface area contributed by atoms with Gasteiger partial charge in [0.1, 0.15) is 17.8 Å². The number of anilines is 2. The second-order valence-electron chi connectivity index (χ2n) is 7.83. The van der Waals surface area contributed by atoms with Gasteiger partial charge >= 0.3 is 5.97 Å². The molecule has 10 heteroatoms. The summed E-state index contributed by atoms with van der Waals surface area (Å²) in [5.74, 6) is -0.153. The predicted octanol–water partition coefficient (Wildman–Crippen LogP) is 4.36. The first kappa shape index (κ1) is 23.8. The number of hydrogen-bond donors (Lipinski definition) is 2. The van der Waals surface area contributed by atoms with Gasteiger partial charge in [-0.3, -0.25) is 14.6 Å². The van der Waals surface area contributed by atoms with Crippen molar-refractivity contribution < 1.29 is 18.7 Å². The van der Waals surface area contributed by atoms with Crippen molar-refractivity contribution in [1.82, 2.24) is 15.0 Å². The summed E-state index contributed by atoms with van der Waals surface area (Å²) < 4.78 is 18.9. The van der Waals surface area contributed by atoms with Gasteiger partial charge in [0, 0.05) is 19.0 Å². The van der Waals surface area contributed by atoms with E-state index < -0.39 is 5.82 Å². The highest BCUT2D eigenvalue weighted by Gasteiger charge is 2.26. The van der Waals surface area contributed by atoms with E-state index in [1.54, 1.807) is 6.92 Å². The summed E-state index contributed by atoms with van der Waals surface area (Å²) in [7, 11) is 0. The quantitative estimate of drug-likeness (QED) is 0.420. The summed E-state index contributed by atoms with van der Waals surface area (Å²) >= 11 is 6.19. The molecule has 0 spiro atoms. The van der Waals surface area contributed by atoms with E-state index in [2.05, 4.69) is 25.6 Å². The first-order valence-corrected chi connectivity index (χ1v) is 11.1. The molecule has 0 aromatic carbocycles. The number of aromatic nitrogens is 3. The Balaban J connectivity index is 1.58. The molecule has 2 heterocycles. The van der Waals surface area contributed by atoms with Gasteiger partial charge < -0.3 is 15.4 Å². The number of halogens is 2. The molecule has 8 nitrogen and oxygen atoms in total. The van der Waals surface area contributed by atoms with Crippen LogP contribution in [-0.2, 0) is 20.9 Å². The SMILES string of the molecule is CCOC(=O)CC1CCCC(CC(=O)Nc2c(Cl)ncnc2NCc2ncccc2F)C1. The molecule has 0 aliphatic heterocycles. The van der Waals surface area contributed by atoms with Crippen LogP contribution in [0.15, 0.2) is 24.7 Å². The van der Waals surface area contributed by atoms with Gasteiger partial charge in [-0.1, -0.05) is 18.0 Å². The summed E-state index contributed by atoms with van der Waals surface area (Å²) in [5.41, 5.74) is 0.462. The van der Waals surface area contributed by atoms with Crippen LogP contribution in [0.5, 0.6) is 0 Å². The molecular formula is C22H27ClFN5O3. The van der Waals surface area contributed by atoms with E-state index in [9.17, 15) is 14.0 Å². The standard InChI is InChI=1S/C22H27ClFN5O3/c1-2-32-19(31)11-15-6-3-5-14(9-15)10-18(30)29-20-21(23)27-13-28-22(20)26-12-17-16(24)7-4-8-25-17/h4,7-8,13-15H,2-3,5-6,9-12H2,1H3,(H,29,30)(H,26,27,28). The second-order valence-corrected chi connectivity index (χ2v) is 8.19. The molecule has 2 aromatic heterocycles. The van der Waals surface area contributed by atoms with Gasteiger partial charge in [-0.05, 0) is 50.2 Å². The number of nitrogens with one attached hydrogen (secondary N) is 2. The molecule has 1 fully saturated rings. The van der Waals surface area contributed by atoms with Crippen LogP contribution in [0, 0.1) is 17.7 Å². The van der Waals surface area contributed by atoms with Gasteiger partial charge in [0.05, 0.1) is 18.8 Å². The zero-order valence-corrected chi connectivity index (χ0v) is 18.7. The van der Waals surface area contributed by atoms with Crippen LogP contribution in [-0.4, -0.2) is 33.4 Å².